The minimum atomic E-state index is -5.98. The first-order chi connectivity index (χ1) is 24.4. The lowest BCUT2D eigenvalue weighted by molar-refractivity contribution is -0.154. The molecule has 1 aromatic carbocycles. The predicted molar refractivity (Wildman–Crippen MR) is 165 cm³/mol. The number of hydrogen-bond acceptors (Lipinski definition) is 17. The summed E-state index contributed by atoms with van der Waals surface area (Å²) >= 11 is 0. The molecule has 0 amide bonds. The van der Waals surface area contributed by atoms with Crippen molar-refractivity contribution in [3.63, 3.8) is 0 Å². The number of rotatable bonds is 13. The van der Waals surface area contributed by atoms with Crippen LogP contribution >= 0.6 is 23.5 Å². The van der Waals surface area contributed by atoms with Gasteiger partial charge in [0.05, 0.1) is 13.2 Å². The molecule has 24 nitrogen and oxygen atoms in total. The highest BCUT2D eigenvalue weighted by Gasteiger charge is 2.55. The summed E-state index contributed by atoms with van der Waals surface area (Å²) in [5.74, 6) is 0. The van der Waals surface area contributed by atoms with Crippen LogP contribution in [0.4, 0.5) is 0 Å². The first kappa shape index (κ1) is 38.5. The summed E-state index contributed by atoms with van der Waals surface area (Å²) in [6, 6.07) is 10.4. The van der Waals surface area contributed by atoms with Gasteiger partial charge in [-0.25, -0.2) is 23.3 Å². The molecule has 12 atom stereocenters. The predicted octanol–water partition coefficient (Wildman–Crippen LogP) is -1.55. The van der Waals surface area contributed by atoms with Crippen LogP contribution < -0.4 is 22.5 Å². The highest BCUT2D eigenvalue weighted by Crippen LogP contribution is 2.68. The lowest BCUT2D eigenvalue weighted by Gasteiger charge is -2.23. The molecule has 0 bridgehead atoms. The van der Waals surface area contributed by atoms with Crippen LogP contribution in [-0.2, 0) is 50.3 Å². The Labute approximate surface area is 288 Å². The van der Waals surface area contributed by atoms with Crippen molar-refractivity contribution < 1.29 is 75.2 Å². The zero-order chi connectivity index (χ0) is 37.6. The van der Waals surface area contributed by atoms with Gasteiger partial charge in [0, 0.05) is 30.1 Å². The number of phosphoric acid groups is 3. The molecule has 0 aliphatic carbocycles. The summed E-state index contributed by atoms with van der Waals surface area (Å²) in [5.41, 5.74) is -2.83. The quantitative estimate of drug-likeness (QED) is 0.0963. The molecule has 3 aliphatic heterocycles. The van der Waals surface area contributed by atoms with E-state index in [9.17, 15) is 57.8 Å². The third-order valence-electron chi connectivity index (χ3n) is 7.72. The van der Waals surface area contributed by atoms with Gasteiger partial charge in [-0.2, -0.15) is 8.62 Å². The molecular formula is C25H29N4O20P3. The van der Waals surface area contributed by atoms with Gasteiger partial charge in [-0.05, 0) is 0 Å². The average molecular weight is 798 g/mol. The van der Waals surface area contributed by atoms with E-state index in [0.29, 0.717) is 10.1 Å². The monoisotopic (exact) mass is 798 g/mol. The van der Waals surface area contributed by atoms with Crippen molar-refractivity contribution >= 4 is 23.5 Å². The Kier molecular flexibility index (Phi) is 11.0. The van der Waals surface area contributed by atoms with E-state index in [-0.39, 0.29) is 0 Å². The molecule has 52 heavy (non-hydrogen) atoms. The molecule has 0 saturated carbocycles. The minimum absolute atomic E-state index is 0.559. The number of ether oxygens (including phenoxy) is 4. The van der Waals surface area contributed by atoms with E-state index in [1.165, 1.54) is 0 Å². The van der Waals surface area contributed by atoms with Crippen LogP contribution in [-0.4, -0.2) is 93.8 Å². The maximum Gasteiger partial charge on any atom is 0.490 e. The van der Waals surface area contributed by atoms with Gasteiger partial charge in [0.1, 0.15) is 36.6 Å². The van der Waals surface area contributed by atoms with E-state index < -0.39 is 115 Å². The highest BCUT2D eigenvalue weighted by atomic mass is 31.3. The maximum absolute atomic E-state index is 12.7. The van der Waals surface area contributed by atoms with E-state index in [1.807, 2.05) is 4.98 Å². The van der Waals surface area contributed by atoms with Crippen LogP contribution in [0.15, 0.2) is 74.0 Å². The van der Waals surface area contributed by atoms with Gasteiger partial charge < -0.3 is 43.8 Å². The first-order valence-electron chi connectivity index (χ1n) is 14.8. The summed E-state index contributed by atoms with van der Waals surface area (Å²) < 4.78 is 79.8. The minimum Gasteiger partial charge on any atom is -0.387 e. The van der Waals surface area contributed by atoms with Gasteiger partial charge >= 0.3 is 34.8 Å². The Morgan fingerprint density at radius 3 is 1.69 bits per heavy atom. The first-order valence-corrected chi connectivity index (χ1v) is 19.3. The molecule has 7 N–H and O–H groups in total. The number of benzene rings is 1. The van der Waals surface area contributed by atoms with Crippen LogP contribution in [0, 0.1) is 0 Å². The second-order valence-electron chi connectivity index (χ2n) is 11.3. The Morgan fingerprint density at radius 2 is 1.13 bits per heavy atom. The van der Waals surface area contributed by atoms with Gasteiger partial charge in [-0.3, -0.25) is 37.7 Å². The normalized spacial score (nSPS) is 32.1. The second kappa shape index (κ2) is 14.9. The van der Waals surface area contributed by atoms with Crippen molar-refractivity contribution in [2.24, 2.45) is 0 Å². The fourth-order valence-electron chi connectivity index (χ4n) is 5.47. The van der Waals surface area contributed by atoms with Gasteiger partial charge in [0.2, 0.25) is 0 Å². The van der Waals surface area contributed by atoms with Gasteiger partial charge in [-0.1, -0.05) is 30.3 Å². The molecule has 3 saturated heterocycles. The van der Waals surface area contributed by atoms with E-state index in [0.717, 1.165) is 29.1 Å². The fourth-order valence-corrected chi connectivity index (χ4v) is 8.99. The molecule has 284 valence electrons. The summed E-state index contributed by atoms with van der Waals surface area (Å²) in [4.78, 5) is 81.7. The Morgan fingerprint density at radius 1 is 0.635 bits per heavy atom. The Hall–Kier alpha value is -3.25. The number of aliphatic hydroxyl groups excluding tert-OH is 2. The van der Waals surface area contributed by atoms with E-state index >= 15 is 0 Å². The largest absolute Gasteiger partial charge is 0.490 e. The van der Waals surface area contributed by atoms with Crippen molar-refractivity contribution in [2.45, 2.75) is 55.4 Å². The third kappa shape index (κ3) is 8.59. The van der Waals surface area contributed by atoms with Crippen molar-refractivity contribution in [3.05, 3.63) is 102 Å². The second-order valence-corrected chi connectivity index (χ2v) is 15.9. The van der Waals surface area contributed by atoms with Crippen molar-refractivity contribution in [1.82, 2.24) is 19.1 Å². The molecule has 4 unspecified atom stereocenters. The zero-order valence-corrected chi connectivity index (χ0v) is 28.6. The maximum atomic E-state index is 12.7. The standard InChI is InChI=1S/C25H29N4O20P3/c30-15-6-8-28(24(34)26-15)21-18(33)17(32)13(44-21)10-42-50(36,37)48-52(40,41)49-51(38,39)43-11-14-19-20(47-23(46-19)12-4-2-1-3-5-12)22(45-14)29-9-7-16(31)27-25(29)35/h1-9,13-14,17-23,32-33H,10-11H2,(H,36,37)(H,38,39)(H,40,41)(H,26,30,34)(H,27,31,35)/t13-,14-,17-,18-,19+,20+,21-,22-,23?/m1/s1. The molecule has 0 radical (unpaired) electrons. The number of fused-ring (bicyclic) bond motifs is 1. The van der Waals surface area contributed by atoms with Gasteiger partial charge in [0.15, 0.2) is 18.7 Å². The molecular weight excluding hydrogens is 769 g/mol. The van der Waals surface area contributed by atoms with Crippen LogP contribution in [0.2, 0.25) is 0 Å². The summed E-state index contributed by atoms with van der Waals surface area (Å²) in [6.07, 6.45) is -10.6. The fraction of sp³-hybridized carbons (Fsp3) is 0.440. The van der Waals surface area contributed by atoms with Crippen molar-refractivity contribution in [3.8, 4) is 0 Å². The summed E-state index contributed by atoms with van der Waals surface area (Å²) in [5, 5.41) is 20.6. The smallest absolute Gasteiger partial charge is 0.387 e. The molecule has 5 heterocycles. The van der Waals surface area contributed by atoms with Gasteiger partial charge in [0.25, 0.3) is 11.1 Å². The Bertz CT molecular complexity index is 2160. The molecule has 3 fully saturated rings. The number of phosphoric ester groups is 2. The summed E-state index contributed by atoms with van der Waals surface area (Å²) in [6.45, 7) is -2.03. The molecule has 6 rings (SSSR count). The summed E-state index contributed by atoms with van der Waals surface area (Å²) in [7, 11) is -17.3. The number of aromatic amines is 2. The lowest BCUT2D eigenvalue weighted by atomic mass is 10.1. The molecule has 2 aromatic heterocycles. The number of aromatic nitrogens is 4. The third-order valence-corrected chi connectivity index (χ3v) is 12.0. The highest BCUT2D eigenvalue weighted by molar-refractivity contribution is 7.66. The van der Waals surface area contributed by atoms with Crippen LogP contribution in [0.25, 0.3) is 0 Å². The molecule has 3 aromatic rings. The van der Waals surface area contributed by atoms with Crippen LogP contribution in [0.1, 0.15) is 24.3 Å². The lowest BCUT2D eigenvalue weighted by Crippen LogP contribution is -2.37. The van der Waals surface area contributed by atoms with E-state index in [2.05, 4.69) is 18.1 Å². The van der Waals surface area contributed by atoms with E-state index in [4.69, 9.17) is 23.5 Å². The van der Waals surface area contributed by atoms with Crippen molar-refractivity contribution in [2.75, 3.05) is 13.2 Å². The number of nitrogens with one attached hydrogen (secondary N) is 2. The topological polar surface area (TPSA) is 336 Å². The number of hydrogen-bond donors (Lipinski definition) is 7. The van der Waals surface area contributed by atoms with Crippen LogP contribution in [0.3, 0.4) is 0 Å². The SMILES string of the molecule is O=c1ccn([C@@H]2O[C@H](COP(=O)(O)OP(=O)(O)OP(=O)(O)OC[C@H]3O[C@@H](n4ccc(=O)[nH]c4=O)[C@H]4OC(c5ccccc5)O[C@H]43)[C@@H](O)[C@H]2O)c(=O)[nH]1. The molecule has 0 spiro atoms. The molecule has 3 aliphatic rings. The van der Waals surface area contributed by atoms with E-state index in [1.54, 1.807) is 30.3 Å². The number of nitrogens with zero attached hydrogens (tertiary/aromatic N) is 2. The number of aliphatic hydroxyl groups is 2. The number of H-pyrrole nitrogens is 2. The van der Waals surface area contributed by atoms with Gasteiger partial charge in [-0.15, -0.1) is 0 Å². The van der Waals surface area contributed by atoms with Crippen molar-refractivity contribution in [1.29, 1.82) is 0 Å². The average Bonchev–Trinajstić information content (AvgIpc) is 3.71. The Balaban J connectivity index is 1.07. The molecule has 27 heteroatoms. The van der Waals surface area contributed by atoms with Crippen LogP contribution in [0.5, 0.6) is 0 Å². The zero-order valence-electron chi connectivity index (χ0n) is 25.9.